The predicted molar refractivity (Wildman–Crippen MR) is 98.6 cm³/mol. The average Bonchev–Trinajstić information content (AvgIpc) is 3.08. The second-order valence-electron chi connectivity index (χ2n) is 6.54. The van der Waals surface area contributed by atoms with Gasteiger partial charge in [-0.05, 0) is 43.9 Å². The lowest BCUT2D eigenvalue weighted by atomic mass is 10.1. The highest BCUT2D eigenvalue weighted by Crippen LogP contribution is 2.23. The van der Waals surface area contributed by atoms with Crippen LogP contribution in [0.25, 0.3) is 0 Å². The molecule has 6 heteroatoms. The normalized spacial score (nSPS) is 21.0. The summed E-state index contributed by atoms with van der Waals surface area (Å²) in [5, 5.41) is 2.99. The maximum atomic E-state index is 12.8. The average molecular weight is 347 g/mol. The number of thioether (sulfide) groups is 1. The summed E-state index contributed by atoms with van der Waals surface area (Å²) in [6.45, 7) is 6.23. The van der Waals surface area contributed by atoms with E-state index in [0.717, 1.165) is 54.3 Å². The van der Waals surface area contributed by atoms with Gasteiger partial charge in [-0.25, -0.2) is 4.79 Å². The Morgan fingerprint density at radius 1 is 1.17 bits per heavy atom. The molecule has 0 aliphatic carbocycles. The van der Waals surface area contributed by atoms with E-state index in [4.69, 9.17) is 0 Å². The van der Waals surface area contributed by atoms with Crippen molar-refractivity contribution in [1.29, 1.82) is 0 Å². The Bertz CT molecular complexity index is 629. The summed E-state index contributed by atoms with van der Waals surface area (Å²) < 4.78 is 0. The smallest absolute Gasteiger partial charge is 0.322 e. The van der Waals surface area contributed by atoms with E-state index < -0.39 is 0 Å². The molecule has 2 aliphatic heterocycles. The van der Waals surface area contributed by atoms with Gasteiger partial charge in [0.1, 0.15) is 6.04 Å². The zero-order valence-electron chi connectivity index (χ0n) is 14.4. The third-order valence-corrected chi connectivity index (χ3v) is 5.70. The minimum atomic E-state index is -0.307. The SMILES string of the molecule is Cc1ccc(C)c(NC(=O)N2CCC[C@@H]2C(=O)N2CCSCC2)c1. The Hall–Kier alpha value is -1.69. The van der Waals surface area contributed by atoms with E-state index in [0.29, 0.717) is 6.54 Å². The van der Waals surface area contributed by atoms with E-state index in [1.165, 1.54) is 0 Å². The molecule has 2 aliphatic rings. The number of hydrogen-bond acceptors (Lipinski definition) is 3. The fourth-order valence-corrected chi connectivity index (χ4v) is 4.22. The fraction of sp³-hybridized carbons (Fsp3) is 0.556. The molecular formula is C18H25N3O2S. The van der Waals surface area contributed by atoms with Crippen molar-refractivity contribution in [1.82, 2.24) is 9.80 Å². The number of carbonyl (C=O) groups is 2. The van der Waals surface area contributed by atoms with Crippen molar-refractivity contribution in [3.63, 3.8) is 0 Å². The number of amides is 3. The molecule has 1 aromatic rings. The third kappa shape index (κ3) is 3.69. The first-order chi connectivity index (χ1) is 11.6. The van der Waals surface area contributed by atoms with Crippen LogP contribution in [0.5, 0.6) is 0 Å². The van der Waals surface area contributed by atoms with Crippen LogP contribution in [0.2, 0.25) is 0 Å². The van der Waals surface area contributed by atoms with Gasteiger partial charge >= 0.3 is 6.03 Å². The third-order valence-electron chi connectivity index (χ3n) is 4.76. The summed E-state index contributed by atoms with van der Waals surface area (Å²) in [4.78, 5) is 29.1. The van der Waals surface area contributed by atoms with Crippen LogP contribution in [0, 0.1) is 13.8 Å². The van der Waals surface area contributed by atoms with Crippen LogP contribution in [0.4, 0.5) is 10.5 Å². The highest BCUT2D eigenvalue weighted by molar-refractivity contribution is 7.99. The van der Waals surface area contributed by atoms with Gasteiger partial charge in [-0.3, -0.25) is 4.79 Å². The highest BCUT2D eigenvalue weighted by atomic mass is 32.2. The van der Waals surface area contributed by atoms with Crippen molar-refractivity contribution >= 4 is 29.4 Å². The van der Waals surface area contributed by atoms with Gasteiger partial charge in [0.2, 0.25) is 5.91 Å². The first-order valence-electron chi connectivity index (χ1n) is 8.57. The van der Waals surface area contributed by atoms with Crippen molar-refractivity contribution in [2.45, 2.75) is 32.7 Å². The van der Waals surface area contributed by atoms with Gasteiger partial charge in [-0.1, -0.05) is 12.1 Å². The van der Waals surface area contributed by atoms with E-state index in [1.54, 1.807) is 4.90 Å². The second kappa shape index (κ2) is 7.47. The zero-order valence-corrected chi connectivity index (χ0v) is 15.2. The number of urea groups is 1. The van der Waals surface area contributed by atoms with Crippen molar-refractivity contribution in [3.05, 3.63) is 29.3 Å². The van der Waals surface area contributed by atoms with Gasteiger partial charge in [-0.2, -0.15) is 11.8 Å². The van der Waals surface area contributed by atoms with Gasteiger partial charge in [0.15, 0.2) is 0 Å². The van der Waals surface area contributed by atoms with E-state index >= 15 is 0 Å². The summed E-state index contributed by atoms with van der Waals surface area (Å²) >= 11 is 1.88. The molecule has 5 nitrogen and oxygen atoms in total. The summed E-state index contributed by atoms with van der Waals surface area (Å²) in [6, 6.07) is 5.54. The van der Waals surface area contributed by atoms with Crippen LogP contribution >= 0.6 is 11.8 Å². The molecule has 0 saturated carbocycles. The highest BCUT2D eigenvalue weighted by Gasteiger charge is 2.37. The Labute approximate surface area is 147 Å². The Morgan fingerprint density at radius 2 is 1.92 bits per heavy atom. The van der Waals surface area contributed by atoms with Gasteiger partial charge in [0.25, 0.3) is 0 Å². The molecule has 3 rings (SSSR count). The number of anilines is 1. The van der Waals surface area contributed by atoms with E-state index in [2.05, 4.69) is 5.32 Å². The minimum absolute atomic E-state index is 0.115. The van der Waals surface area contributed by atoms with Crippen molar-refractivity contribution < 1.29 is 9.59 Å². The summed E-state index contributed by atoms with van der Waals surface area (Å²) in [6.07, 6.45) is 1.65. The molecule has 0 bridgehead atoms. The molecule has 2 saturated heterocycles. The monoisotopic (exact) mass is 347 g/mol. The van der Waals surface area contributed by atoms with Gasteiger partial charge < -0.3 is 15.1 Å². The Kier molecular flexibility index (Phi) is 5.33. The molecule has 1 aromatic carbocycles. The largest absolute Gasteiger partial charge is 0.339 e. The molecule has 24 heavy (non-hydrogen) atoms. The number of nitrogens with zero attached hydrogens (tertiary/aromatic N) is 2. The van der Waals surface area contributed by atoms with Crippen LogP contribution < -0.4 is 5.32 Å². The number of aryl methyl sites for hydroxylation is 2. The lowest BCUT2D eigenvalue weighted by Gasteiger charge is -2.32. The zero-order chi connectivity index (χ0) is 17.1. The Morgan fingerprint density at radius 3 is 2.67 bits per heavy atom. The van der Waals surface area contributed by atoms with Gasteiger partial charge in [0.05, 0.1) is 0 Å². The number of hydrogen-bond donors (Lipinski definition) is 1. The van der Waals surface area contributed by atoms with Crippen LogP contribution in [-0.4, -0.2) is 58.9 Å². The summed E-state index contributed by atoms with van der Waals surface area (Å²) in [5.41, 5.74) is 2.97. The van der Waals surface area contributed by atoms with E-state index in [-0.39, 0.29) is 18.0 Å². The lowest BCUT2D eigenvalue weighted by molar-refractivity contribution is -0.134. The number of nitrogens with one attached hydrogen (secondary N) is 1. The van der Waals surface area contributed by atoms with E-state index in [9.17, 15) is 9.59 Å². The summed E-state index contributed by atoms with van der Waals surface area (Å²) in [7, 11) is 0. The molecule has 2 fully saturated rings. The standard InChI is InChI=1S/C18H25N3O2S/c1-13-5-6-14(2)15(12-13)19-18(23)21-7-3-4-16(21)17(22)20-8-10-24-11-9-20/h5-6,12,16H,3-4,7-11H2,1-2H3,(H,19,23)/t16-/m1/s1. The molecule has 0 aromatic heterocycles. The number of rotatable bonds is 2. The molecule has 1 N–H and O–H groups in total. The maximum Gasteiger partial charge on any atom is 0.322 e. The lowest BCUT2D eigenvalue weighted by Crippen LogP contribution is -2.51. The molecule has 0 spiro atoms. The predicted octanol–water partition coefficient (Wildman–Crippen LogP) is 2.88. The summed E-state index contributed by atoms with van der Waals surface area (Å²) in [5.74, 6) is 2.10. The molecule has 130 valence electrons. The van der Waals surface area contributed by atoms with Crippen LogP contribution in [0.3, 0.4) is 0 Å². The molecule has 2 heterocycles. The minimum Gasteiger partial charge on any atom is -0.339 e. The van der Waals surface area contributed by atoms with Crippen molar-refractivity contribution in [2.75, 3.05) is 36.5 Å². The molecule has 0 unspecified atom stereocenters. The van der Waals surface area contributed by atoms with Crippen LogP contribution in [0.1, 0.15) is 24.0 Å². The Balaban J connectivity index is 1.69. The van der Waals surface area contributed by atoms with Gasteiger partial charge in [0, 0.05) is 36.8 Å². The van der Waals surface area contributed by atoms with Crippen molar-refractivity contribution in [3.8, 4) is 0 Å². The van der Waals surface area contributed by atoms with Gasteiger partial charge in [-0.15, -0.1) is 0 Å². The fourth-order valence-electron chi connectivity index (χ4n) is 3.32. The first kappa shape index (κ1) is 17.1. The van der Waals surface area contributed by atoms with Crippen LogP contribution in [0.15, 0.2) is 18.2 Å². The quantitative estimate of drug-likeness (QED) is 0.895. The second-order valence-corrected chi connectivity index (χ2v) is 7.76. The van der Waals surface area contributed by atoms with Crippen LogP contribution in [-0.2, 0) is 4.79 Å². The molecular weight excluding hydrogens is 322 g/mol. The van der Waals surface area contributed by atoms with Crippen molar-refractivity contribution in [2.24, 2.45) is 0 Å². The number of carbonyl (C=O) groups excluding carboxylic acids is 2. The first-order valence-corrected chi connectivity index (χ1v) is 9.73. The maximum absolute atomic E-state index is 12.8. The molecule has 1 atom stereocenters. The molecule has 0 radical (unpaired) electrons. The number of benzene rings is 1. The topological polar surface area (TPSA) is 52.7 Å². The molecule has 3 amide bonds. The van der Waals surface area contributed by atoms with E-state index in [1.807, 2.05) is 48.7 Å². The number of likely N-dealkylation sites (tertiary alicyclic amines) is 1.